The third-order valence-corrected chi connectivity index (χ3v) is 4.53. The van der Waals surface area contributed by atoms with Gasteiger partial charge in [0.2, 0.25) is 0 Å². The molecule has 2 amide bonds. The van der Waals surface area contributed by atoms with E-state index in [2.05, 4.69) is 6.07 Å². The minimum Gasteiger partial charge on any atom is -0.481 e. The SMILES string of the molecule is CCOC(=O)N1CCN(C(=O)[C@H](C)Oc2cc(C)cc(C)c2C)CC1. The van der Waals surface area contributed by atoms with Crippen molar-refractivity contribution in [1.82, 2.24) is 9.80 Å². The van der Waals surface area contributed by atoms with Crippen molar-refractivity contribution in [3.8, 4) is 5.75 Å². The molecule has 1 saturated heterocycles. The summed E-state index contributed by atoms with van der Waals surface area (Å²) in [5, 5.41) is 0. The van der Waals surface area contributed by atoms with Gasteiger partial charge in [-0.15, -0.1) is 0 Å². The molecule has 138 valence electrons. The van der Waals surface area contributed by atoms with Gasteiger partial charge in [-0.2, -0.15) is 0 Å². The fourth-order valence-electron chi connectivity index (χ4n) is 2.95. The molecular formula is C19H28N2O4. The lowest BCUT2D eigenvalue weighted by molar-refractivity contribution is -0.139. The molecule has 0 spiro atoms. The zero-order valence-electron chi connectivity index (χ0n) is 15.8. The van der Waals surface area contributed by atoms with Crippen LogP contribution in [0.15, 0.2) is 12.1 Å². The average Bonchev–Trinajstić information content (AvgIpc) is 2.58. The van der Waals surface area contributed by atoms with Crippen molar-refractivity contribution in [3.63, 3.8) is 0 Å². The Bertz CT molecular complexity index is 637. The Morgan fingerprint density at radius 2 is 1.68 bits per heavy atom. The molecule has 1 heterocycles. The van der Waals surface area contributed by atoms with Crippen LogP contribution in [-0.2, 0) is 9.53 Å². The van der Waals surface area contributed by atoms with E-state index in [1.807, 2.05) is 26.8 Å². The van der Waals surface area contributed by atoms with Crippen LogP contribution in [0.3, 0.4) is 0 Å². The number of hydrogen-bond donors (Lipinski definition) is 0. The molecule has 1 aliphatic heterocycles. The second kappa shape index (κ2) is 8.23. The zero-order valence-corrected chi connectivity index (χ0v) is 15.8. The van der Waals surface area contributed by atoms with Crippen molar-refractivity contribution in [2.75, 3.05) is 32.8 Å². The molecule has 2 rings (SSSR count). The van der Waals surface area contributed by atoms with Crippen LogP contribution < -0.4 is 4.74 Å². The first-order valence-electron chi connectivity index (χ1n) is 8.78. The largest absolute Gasteiger partial charge is 0.481 e. The minimum absolute atomic E-state index is 0.0536. The first-order valence-corrected chi connectivity index (χ1v) is 8.78. The van der Waals surface area contributed by atoms with E-state index in [1.54, 1.807) is 23.6 Å². The van der Waals surface area contributed by atoms with Crippen LogP contribution in [0.2, 0.25) is 0 Å². The number of benzene rings is 1. The maximum Gasteiger partial charge on any atom is 0.409 e. The second-order valence-electron chi connectivity index (χ2n) is 6.48. The van der Waals surface area contributed by atoms with Crippen LogP contribution >= 0.6 is 0 Å². The topological polar surface area (TPSA) is 59.1 Å². The van der Waals surface area contributed by atoms with Gasteiger partial charge in [-0.25, -0.2) is 4.79 Å². The molecule has 6 nitrogen and oxygen atoms in total. The smallest absolute Gasteiger partial charge is 0.409 e. The highest BCUT2D eigenvalue weighted by atomic mass is 16.6. The van der Waals surface area contributed by atoms with Crippen LogP contribution in [0.1, 0.15) is 30.5 Å². The van der Waals surface area contributed by atoms with Crippen LogP contribution in [0, 0.1) is 20.8 Å². The summed E-state index contributed by atoms with van der Waals surface area (Å²) in [7, 11) is 0. The number of carbonyl (C=O) groups excluding carboxylic acids is 2. The molecule has 0 bridgehead atoms. The molecule has 0 aromatic heterocycles. The Kier molecular flexibility index (Phi) is 6.28. The molecule has 0 saturated carbocycles. The molecule has 1 aromatic rings. The number of nitrogens with zero attached hydrogens (tertiary/aromatic N) is 2. The fourth-order valence-corrected chi connectivity index (χ4v) is 2.95. The fraction of sp³-hybridized carbons (Fsp3) is 0.579. The summed E-state index contributed by atoms with van der Waals surface area (Å²) in [6.07, 6.45) is -0.876. The van der Waals surface area contributed by atoms with E-state index >= 15 is 0 Å². The summed E-state index contributed by atoms with van der Waals surface area (Å²) in [6.45, 7) is 11.9. The van der Waals surface area contributed by atoms with Gasteiger partial charge in [0.05, 0.1) is 6.61 Å². The highest BCUT2D eigenvalue weighted by Gasteiger charge is 2.28. The highest BCUT2D eigenvalue weighted by Crippen LogP contribution is 2.24. The maximum atomic E-state index is 12.7. The van der Waals surface area contributed by atoms with Gasteiger partial charge in [0.25, 0.3) is 5.91 Å². The van der Waals surface area contributed by atoms with Crippen LogP contribution in [0.25, 0.3) is 0 Å². The molecule has 6 heteroatoms. The lowest BCUT2D eigenvalue weighted by Gasteiger charge is -2.35. The Balaban J connectivity index is 1.94. The number of amides is 2. The van der Waals surface area contributed by atoms with Crippen molar-refractivity contribution in [3.05, 3.63) is 28.8 Å². The van der Waals surface area contributed by atoms with Crippen molar-refractivity contribution in [2.24, 2.45) is 0 Å². The van der Waals surface area contributed by atoms with Gasteiger partial charge in [-0.3, -0.25) is 4.79 Å². The summed E-state index contributed by atoms with van der Waals surface area (Å²) in [5.41, 5.74) is 3.32. The van der Waals surface area contributed by atoms with Gasteiger partial charge < -0.3 is 19.3 Å². The van der Waals surface area contributed by atoms with Gasteiger partial charge in [-0.1, -0.05) is 6.07 Å². The van der Waals surface area contributed by atoms with Gasteiger partial charge in [0, 0.05) is 26.2 Å². The molecule has 0 aliphatic carbocycles. The van der Waals surface area contributed by atoms with Crippen molar-refractivity contribution >= 4 is 12.0 Å². The zero-order chi connectivity index (χ0) is 18.6. The van der Waals surface area contributed by atoms with E-state index in [4.69, 9.17) is 9.47 Å². The van der Waals surface area contributed by atoms with Crippen molar-refractivity contribution in [1.29, 1.82) is 0 Å². The predicted octanol–water partition coefficient (Wildman–Crippen LogP) is 2.68. The monoisotopic (exact) mass is 348 g/mol. The van der Waals surface area contributed by atoms with E-state index in [0.29, 0.717) is 32.8 Å². The summed E-state index contributed by atoms with van der Waals surface area (Å²) < 4.78 is 10.9. The first-order chi connectivity index (χ1) is 11.8. The number of piperazine rings is 1. The average molecular weight is 348 g/mol. The third-order valence-electron chi connectivity index (χ3n) is 4.53. The normalized spacial score (nSPS) is 15.7. The predicted molar refractivity (Wildman–Crippen MR) is 95.9 cm³/mol. The summed E-state index contributed by atoms with van der Waals surface area (Å²) in [4.78, 5) is 27.8. The Labute approximate surface area is 149 Å². The standard InChI is InChI=1S/C19H28N2O4/c1-6-24-19(23)21-9-7-20(8-10-21)18(22)16(5)25-17-12-13(2)11-14(3)15(17)4/h11-12,16H,6-10H2,1-5H3/t16-/m0/s1. The summed E-state index contributed by atoms with van der Waals surface area (Å²) in [6, 6.07) is 4.06. The van der Waals surface area contributed by atoms with Gasteiger partial charge in [0.1, 0.15) is 5.75 Å². The van der Waals surface area contributed by atoms with E-state index in [-0.39, 0.29) is 12.0 Å². The molecule has 1 atom stereocenters. The van der Waals surface area contributed by atoms with E-state index in [1.165, 1.54) is 0 Å². The van der Waals surface area contributed by atoms with E-state index in [0.717, 1.165) is 22.4 Å². The molecule has 0 unspecified atom stereocenters. The van der Waals surface area contributed by atoms with Crippen LogP contribution in [0.5, 0.6) is 5.75 Å². The summed E-state index contributed by atoms with van der Waals surface area (Å²) in [5.74, 6) is 0.700. The molecule has 0 N–H and O–H groups in total. The third kappa shape index (κ3) is 4.65. The number of carbonyl (C=O) groups is 2. The van der Waals surface area contributed by atoms with E-state index in [9.17, 15) is 9.59 Å². The van der Waals surface area contributed by atoms with Gasteiger partial charge >= 0.3 is 6.09 Å². The number of aryl methyl sites for hydroxylation is 2. The second-order valence-corrected chi connectivity index (χ2v) is 6.48. The van der Waals surface area contributed by atoms with Gasteiger partial charge in [0.15, 0.2) is 6.10 Å². The van der Waals surface area contributed by atoms with Crippen molar-refractivity contribution < 1.29 is 19.1 Å². The number of rotatable bonds is 4. The molecule has 1 aliphatic rings. The number of hydrogen-bond acceptors (Lipinski definition) is 4. The quantitative estimate of drug-likeness (QED) is 0.839. The molecule has 1 fully saturated rings. The first kappa shape index (κ1) is 19.1. The summed E-state index contributed by atoms with van der Waals surface area (Å²) >= 11 is 0. The number of ether oxygens (including phenoxy) is 2. The van der Waals surface area contributed by atoms with Crippen molar-refractivity contribution in [2.45, 2.75) is 40.7 Å². The Morgan fingerprint density at radius 3 is 2.28 bits per heavy atom. The molecular weight excluding hydrogens is 320 g/mol. The van der Waals surface area contributed by atoms with Crippen LogP contribution in [0.4, 0.5) is 4.79 Å². The maximum absolute atomic E-state index is 12.7. The lowest BCUT2D eigenvalue weighted by atomic mass is 10.1. The van der Waals surface area contributed by atoms with Gasteiger partial charge in [-0.05, 0) is 57.4 Å². The Hall–Kier alpha value is -2.24. The minimum atomic E-state index is -0.561. The van der Waals surface area contributed by atoms with E-state index < -0.39 is 6.10 Å². The van der Waals surface area contributed by atoms with Crippen LogP contribution in [-0.4, -0.2) is 60.7 Å². The molecule has 0 radical (unpaired) electrons. The molecule has 1 aromatic carbocycles. The molecule has 25 heavy (non-hydrogen) atoms. The lowest BCUT2D eigenvalue weighted by Crippen LogP contribution is -2.53. The highest BCUT2D eigenvalue weighted by molar-refractivity contribution is 5.81. The Morgan fingerprint density at radius 1 is 1.08 bits per heavy atom.